The monoisotopic (exact) mass is 271 g/mol. The van der Waals surface area contributed by atoms with Gasteiger partial charge < -0.3 is 15.2 Å². The molecule has 0 radical (unpaired) electrons. The van der Waals surface area contributed by atoms with E-state index in [0.717, 1.165) is 0 Å². The number of hydrogen-bond donors (Lipinski definition) is 2. The molecule has 1 unspecified atom stereocenters. The number of carbonyl (C=O) groups is 1. The molecule has 0 aliphatic heterocycles. The highest BCUT2D eigenvalue weighted by atomic mass is 35.5. The first-order valence-corrected chi connectivity index (χ1v) is 6.19. The summed E-state index contributed by atoms with van der Waals surface area (Å²) in [5.74, 6) is 0.0202. The van der Waals surface area contributed by atoms with Gasteiger partial charge in [-0.25, -0.2) is 0 Å². The van der Waals surface area contributed by atoms with Crippen LogP contribution in [-0.2, 0) is 4.74 Å². The molecule has 0 saturated heterocycles. The lowest BCUT2D eigenvalue weighted by Gasteiger charge is -2.09. The van der Waals surface area contributed by atoms with Crippen molar-refractivity contribution in [3.05, 3.63) is 29.3 Å². The zero-order valence-electron chi connectivity index (χ0n) is 10.6. The minimum atomic E-state index is -0.167. The summed E-state index contributed by atoms with van der Waals surface area (Å²) in [4.78, 5) is 11.8. The number of benzene rings is 1. The Bertz CT molecular complexity index is 409. The highest BCUT2D eigenvalue weighted by Gasteiger charge is 2.08. The van der Waals surface area contributed by atoms with Crippen LogP contribution in [0.2, 0.25) is 0 Å². The van der Waals surface area contributed by atoms with Gasteiger partial charge in [0.05, 0.1) is 12.0 Å². The van der Waals surface area contributed by atoms with Crippen molar-refractivity contribution in [2.24, 2.45) is 0 Å². The van der Waals surface area contributed by atoms with E-state index in [1.54, 1.807) is 26.2 Å². The van der Waals surface area contributed by atoms with Gasteiger partial charge in [-0.15, -0.1) is 11.6 Å². The van der Waals surface area contributed by atoms with Gasteiger partial charge in [0.2, 0.25) is 0 Å². The maximum absolute atomic E-state index is 11.8. The second-order valence-electron chi connectivity index (χ2n) is 4.10. The van der Waals surface area contributed by atoms with Crippen LogP contribution in [0.3, 0.4) is 0 Å². The normalized spacial score (nSPS) is 12.2. The summed E-state index contributed by atoms with van der Waals surface area (Å²) in [7, 11) is 1.59. The Labute approximate surface area is 112 Å². The number of aromatic hydroxyl groups is 1. The Morgan fingerprint density at radius 1 is 1.56 bits per heavy atom. The molecular formula is C13H18ClNO3. The molecule has 5 heteroatoms. The quantitative estimate of drug-likeness (QED) is 0.779. The van der Waals surface area contributed by atoms with Crippen LogP contribution in [0.1, 0.15) is 22.3 Å². The Balaban J connectivity index is 2.43. The molecule has 4 nitrogen and oxygen atoms in total. The minimum absolute atomic E-state index is 0.100. The molecular weight excluding hydrogens is 254 g/mol. The summed E-state index contributed by atoms with van der Waals surface area (Å²) < 4.78 is 4.90. The van der Waals surface area contributed by atoms with Crippen molar-refractivity contribution < 1.29 is 14.6 Å². The Kier molecular flexibility index (Phi) is 5.95. The molecule has 0 heterocycles. The standard InChI is InChI=1S/C13H18ClNO3/c1-9-7-10(3-4-12(9)16)13(17)15-6-5-11(14)8-18-2/h3-4,7,11,16H,5-6,8H2,1-2H3,(H,15,17). The molecule has 18 heavy (non-hydrogen) atoms. The molecule has 0 spiro atoms. The van der Waals surface area contributed by atoms with Crippen LogP contribution < -0.4 is 5.32 Å². The topological polar surface area (TPSA) is 58.6 Å². The molecule has 1 amide bonds. The number of aryl methyl sites for hydroxylation is 1. The molecule has 0 aromatic heterocycles. The summed E-state index contributed by atoms with van der Waals surface area (Å²) in [5.41, 5.74) is 1.21. The van der Waals surface area contributed by atoms with E-state index >= 15 is 0 Å². The fourth-order valence-electron chi connectivity index (χ4n) is 1.51. The van der Waals surface area contributed by atoms with E-state index in [1.807, 2.05) is 0 Å². The van der Waals surface area contributed by atoms with E-state index in [2.05, 4.69) is 5.32 Å². The van der Waals surface area contributed by atoms with E-state index in [-0.39, 0.29) is 17.0 Å². The number of alkyl halides is 1. The van der Waals surface area contributed by atoms with Gasteiger partial charge in [0.25, 0.3) is 5.91 Å². The third kappa shape index (κ3) is 4.55. The van der Waals surface area contributed by atoms with Crippen LogP contribution in [0.15, 0.2) is 18.2 Å². The number of hydrogen-bond acceptors (Lipinski definition) is 3. The zero-order chi connectivity index (χ0) is 13.5. The molecule has 0 aliphatic rings. The van der Waals surface area contributed by atoms with E-state index < -0.39 is 0 Å². The Morgan fingerprint density at radius 3 is 2.89 bits per heavy atom. The summed E-state index contributed by atoms with van der Waals surface area (Å²) in [6.07, 6.45) is 0.651. The number of methoxy groups -OCH3 is 1. The molecule has 0 fully saturated rings. The number of nitrogens with one attached hydrogen (secondary N) is 1. The number of amides is 1. The van der Waals surface area contributed by atoms with Gasteiger partial charge in [-0.1, -0.05) is 0 Å². The number of rotatable bonds is 6. The van der Waals surface area contributed by atoms with Crippen LogP contribution in [0.4, 0.5) is 0 Å². The van der Waals surface area contributed by atoms with Gasteiger partial charge in [0, 0.05) is 19.2 Å². The molecule has 0 aliphatic carbocycles. The van der Waals surface area contributed by atoms with Crippen molar-refractivity contribution >= 4 is 17.5 Å². The Morgan fingerprint density at radius 2 is 2.28 bits per heavy atom. The van der Waals surface area contributed by atoms with Gasteiger partial charge >= 0.3 is 0 Å². The first-order valence-electron chi connectivity index (χ1n) is 5.75. The summed E-state index contributed by atoms with van der Waals surface area (Å²) in [6, 6.07) is 4.75. The van der Waals surface area contributed by atoms with Crippen molar-refractivity contribution in [2.45, 2.75) is 18.7 Å². The lowest BCUT2D eigenvalue weighted by molar-refractivity contribution is 0.0951. The average molecular weight is 272 g/mol. The first kappa shape index (κ1) is 14.8. The van der Waals surface area contributed by atoms with Crippen LogP contribution in [0, 0.1) is 6.92 Å². The summed E-state index contributed by atoms with van der Waals surface area (Å²) >= 11 is 5.95. The SMILES string of the molecule is COCC(Cl)CCNC(=O)c1ccc(O)c(C)c1. The minimum Gasteiger partial charge on any atom is -0.508 e. The van der Waals surface area contributed by atoms with Crippen LogP contribution in [0.25, 0.3) is 0 Å². The highest BCUT2D eigenvalue weighted by molar-refractivity contribution is 6.20. The van der Waals surface area contributed by atoms with Gasteiger partial charge in [0.15, 0.2) is 0 Å². The molecule has 1 rings (SSSR count). The lowest BCUT2D eigenvalue weighted by Crippen LogP contribution is -2.27. The van der Waals surface area contributed by atoms with Crippen LogP contribution in [0.5, 0.6) is 5.75 Å². The number of phenolic OH excluding ortho intramolecular Hbond substituents is 1. The van der Waals surface area contributed by atoms with Crippen molar-refractivity contribution in [3.8, 4) is 5.75 Å². The maximum atomic E-state index is 11.8. The van der Waals surface area contributed by atoms with Crippen LogP contribution in [-0.4, -0.2) is 36.7 Å². The first-order chi connectivity index (χ1) is 8.54. The highest BCUT2D eigenvalue weighted by Crippen LogP contribution is 2.16. The van der Waals surface area contributed by atoms with Crippen LogP contribution >= 0.6 is 11.6 Å². The predicted molar refractivity (Wildman–Crippen MR) is 71.3 cm³/mol. The van der Waals surface area contributed by atoms with Crippen molar-refractivity contribution in [3.63, 3.8) is 0 Å². The molecule has 100 valence electrons. The number of halogens is 1. The zero-order valence-corrected chi connectivity index (χ0v) is 11.3. The fraction of sp³-hybridized carbons (Fsp3) is 0.462. The lowest BCUT2D eigenvalue weighted by atomic mass is 10.1. The second-order valence-corrected chi connectivity index (χ2v) is 4.72. The average Bonchev–Trinajstić information content (AvgIpc) is 2.33. The van der Waals surface area contributed by atoms with Crippen molar-refractivity contribution in [1.82, 2.24) is 5.32 Å². The van der Waals surface area contributed by atoms with Gasteiger partial charge in [-0.05, 0) is 37.1 Å². The molecule has 1 aromatic carbocycles. The van der Waals surface area contributed by atoms with Gasteiger partial charge in [-0.3, -0.25) is 4.79 Å². The molecule has 1 atom stereocenters. The largest absolute Gasteiger partial charge is 0.508 e. The summed E-state index contributed by atoms with van der Waals surface area (Å²) in [6.45, 7) is 2.71. The molecule has 2 N–H and O–H groups in total. The fourth-order valence-corrected chi connectivity index (χ4v) is 1.74. The molecule has 1 aromatic rings. The predicted octanol–water partition coefficient (Wildman–Crippen LogP) is 2.07. The van der Waals surface area contributed by atoms with Gasteiger partial charge in [0.1, 0.15) is 5.75 Å². The molecule has 0 bridgehead atoms. The van der Waals surface area contributed by atoms with Gasteiger partial charge in [-0.2, -0.15) is 0 Å². The number of carbonyl (C=O) groups excluding carboxylic acids is 1. The maximum Gasteiger partial charge on any atom is 0.251 e. The smallest absolute Gasteiger partial charge is 0.251 e. The molecule has 0 saturated carbocycles. The second kappa shape index (κ2) is 7.24. The van der Waals surface area contributed by atoms with E-state index in [1.165, 1.54) is 6.07 Å². The number of ether oxygens (including phenoxy) is 1. The Hall–Kier alpha value is -1.26. The number of phenols is 1. The van der Waals surface area contributed by atoms with E-state index in [4.69, 9.17) is 16.3 Å². The van der Waals surface area contributed by atoms with E-state index in [0.29, 0.717) is 30.7 Å². The third-order valence-corrected chi connectivity index (χ3v) is 2.89. The van der Waals surface area contributed by atoms with E-state index in [9.17, 15) is 9.90 Å². The van der Waals surface area contributed by atoms with Crippen molar-refractivity contribution in [1.29, 1.82) is 0 Å². The van der Waals surface area contributed by atoms with Crippen molar-refractivity contribution in [2.75, 3.05) is 20.3 Å². The summed E-state index contributed by atoms with van der Waals surface area (Å²) in [5, 5.41) is 12.0. The third-order valence-electron chi connectivity index (χ3n) is 2.55.